The molecular weight excluding hydrogens is 248 g/mol. The Labute approximate surface area is 116 Å². The van der Waals surface area contributed by atoms with E-state index in [1.807, 2.05) is 0 Å². The lowest BCUT2D eigenvalue weighted by molar-refractivity contribution is 0.0319. The molecule has 2 N–H and O–H groups in total. The van der Waals surface area contributed by atoms with Gasteiger partial charge in [0.1, 0.15) is 0 Å². The molecule has 1 rings (SSSR count). The molecule has 1 fully saturated rings. The van der Waals surface area contributed by atoms with Crippen molar-refractivity contribution >= 4 is 0 Å². The van der Waals surface area contributed by atoms with Crippen LogP contribution >= 0.6 is 0 Å². The van der Waals surface area contributed by atoms with Crippen molar-refractivity contribution in [2.24, 2.45) is 0 Å². The van der Waals surface area contributed by atoms with E-state index in [1.165, 1.54) is 0 Å². The smallest absolute Gasteiger partial charge is 0.0701 e. The second-order valence-corrected chi connectivity index (χ2v) is 4.52. The van der Waals surface area contributed by atoms with Crippen LogP contribution in [0.1, 0.15) is 6.92 Å². The van der Waals surface area contributed by atoms with Gasteiger partial charge in [0, 0.05) is 25.7 Å². The van der Waals surface area contributed by atoms with E-state index in [-0.39, 0.29) is 0 Å². The number of hydrogen-bond donors (Lipinski definition) is 2. The molecule has 0 radical (unpaired) electrons. The van der Waals surface area contributed by atoms with Crippen LogP contribution in [0.2, 0.25) is 0 Å². The summed E-state index contributed by atoms with van der Waals surface area (Å²) in [4.78, 5) is 0. The van der Waals surface area contributed by atoms with E-state index in [0.29, 0.717) is 58.9 Å². The van der Waals surface area contributed by atoms with Crippen molar-refractivity contribution in [2.45, 2.75) is 13.0 Å². The van der Waals surface area contributed by atoms with Crippen molar-refractivity contribution in [1.29, 1.82) is 0 Å². The minimum absolute atomic E-state index is 0.334. The van der Waals surface area contributed by atoms with Gasteiger partial charge in [-0.1, -0.05) is 0 Å². The third kappa shape index (κ3) is 11.3. The predicted octanol–water partition coefficient (Wildman–Crippen LogP) is -0.366. The third-order valence-electron chi connectivity index (χ3n) is 2.70. The van der Waals surface area contributed by atoms with Crippen LogP contribution < -0.4 is 10.6 Å². The SMILES string of the molecule is CC1COCCOCCNCCOCCOCCN1. The number of hydrogen-bond acceptors (Lipinski definition) is 6. The van der Waals surface area contributed by atoms with Crippen LogP contribution in [-0.2, 0) is 18.9 Å². The van der Waals surface area contributed by atoms with Crippen LogP contribution in [0.4, 0.5) is 0 Å². The maximum absolute atomic E-state index is 5.52. The molecule has 1 saturated heterocycles. The van der Waals surface area contributed by atoms with Crippen molar-refractivity contribution in [1.82, 2.24) is 10.6 Å². The summed E-state index contributed by atoms with van der Waals surface area (Å²) in [5.74, 6) is 0. The Kier molecular flexibility index (Phi) is 11.3. The molecule has 6 nitrogen and oxygen atoms in total. The molecule has 0 aromatic carbocycles. The number of rotatable bonds is 0. The van der Waals surface area contributed by atoms with Gasteiger partial charge in [-0.05, 0) is 6.92 Å². The number of nitrogens with one attached hydrogen (secondary N) is 2. The maximum Gasteiger partial charge on any atom is 0.0701 e. The Morgan fingerprint density at radius 2 is 1.21 bits per heavy atom. The van der Waals surface area contributed by atoms with Gasteiger partial charge < -0.3 is 29.6 Å². The summed E-state index contributed by atoms with van der Waals surface area (Å²) in [6.45, 7) is 10.0. The lowest BCUT2D eigenvalue weighted by Gasteiger charge is -2.15. The number of ether oxygens (including phenoxy) is 4. The van der Waals surface area contributed by atoms with Gasteiger partial charge in [0.2, 0.25) is 0 Å². The van der Waals surface area contributed by atoms with E-state index in [1.54, 1.807) is 0 Å². The molecular formula is C13H28N2O4. The molecule has 0 aromatic rings. The summed E-state index contributed by atoms with van der Waals surface area (Å²) >= 11 is 0. The summed E-state index contributed by atoms with van der Waals surface area (Å²) in [5.41, 5.74) is 0. The fourth-order valence-electron chi connectivity index (χ4n) is 1.65. The zero-order chi connectivity index (χ0) is 13.6. The molecule has 1 unspecified atom stereocenters. The topological polar surface area (TPSA) is 61.0 Å². The lowest BCUT2D eigenvalue weighted by atomic mass is 10.3. The molecule has 19 heavy (non-hydrogen) atoms. The van der Waals surface area contributed by atoms with Crippen molar-refractivity contribution in [2.75, 3.05) is 72.5 Å². The van der Waals surface area contributed by atoms with Crippen molar-refractivity contribution in [3.8, 4) is 0 Å². The third-order valence-corrected chi connectivity index (χ3v) is 2.70. The summed E-state index contributed by atoms with van der Waals surface area (Å²) in [5, 5.41) is 6.60. The van der Waals surface area contributed by atoms with Crippen molar-refractivity contribution in [3.05, 3.63) is 0 Å². The molecule has 1 aliphatic heterocycles. The van der Waals surface area contributed by atoms with E-state index in [9.17, 15) is 0 Å². The highest BCUT2D eigenvalue weighted by Crippen LogP contribution is 1.86. The van der Waals surface area contributed by atoms with Crippen LogP contribution in [0.15, 0.2) is 0 Å². The van der Waals surface area contributed by atoms with Gasteiger partial charge >= 0.3 is 0 Å². The highest BCUT2D eigenvalue weighted by molar-refractivity contribution is 4.58. The Morgan fingerprint density at radius 1 is 0.684 bits per heavy atom. The first-order chi connectivity index (χ1) is 9.39. The van der Waals surface area contributed by atoms with Gasteiger partial charge in [-0.15, -0.1) is 0 Å². The monoisotopic (exact) mass is 276 g/mol. The van der Waals surface area contributed by atoms with Crippen LogP contribution in [-0.4, -0.2) is 78.5 Å². The molecule has 114 valence electrons. The van der Waals surface area contributed by atoms with Crippen LogP contribution in [0.3, 0.4) is 0 Å². The van der Waals surface area contributed by atoms with Gasteiger partial charge in [0.25, 0.3) is 0 Å². The molecule has 0 amide bonds. The maximum atomic E-state index is 5.52. The van der Waals surface area contributed by atoms with Crippen molar-refractivity contribution in [3.63, 3.8) is 0 Å². The lowest BCUT2D eigenvalue weighted by Crippen LogP contribution is -2.34. The minimum Gasteiger partial charge on any atom is -0.378 e. The molecule has 0 aromatic heterocycles. The second kappa shape index (κ2) is 12.8. The van der Waals surface area contributed by atoms with E-state index in [0.717, 1.165) is 19.6 Å². The Balaban J connectivity index is 2.08. The highest BCUT2D eigenvalue weighted by Gasteiger charge is 2.01. The average molecular weight is 276 g/mol. The Hall–Kier alpha value is -0.240. The summed E-state index contributed by atoms with van der Waals surface area (Å²) in [6.07, 6.45) is 0. The van der Waals surface area contributed by atoms with Gasteiger partial charge in [-0.25, -0.2) is 0 Å². The van der Waals surface area contributed by atoms with E-state index >= 15 is 0 Å². The molecule has 0 aliphatic carbocycles. The molecule has 1 atom stereocenters. The van der Waals surface area contributed by atoms with E-state index in [4.69, 9.17) is 18.9 Å². The Morgan fingerprint density at radius 3 is 1.84 bits per heavy atom. The van der Waals surface area contributed by atoms with Crippen LogP contribution in [0, 0.1) is 0 Å². The predicted molar refractivity (Wildman–Crippen MR) is 73.6 cm³/mol. The first-order valence-corrected chi connectivity index (χ1v) is 7.14. The second-order valence-electron chi connectivity index (χ2n) is 4.52. The van der Waals surface area contributed by atoms with Crippen LogP contribution in [0.25, 0.3) is 0 Å². The molecule has 1 heterocycles. The first kappa shape index (κ1) is 16.8. The molecule has 0 saturated carbocycles. The van der Waals surface area contributed by atoms with E-state index < -0.39 is 0 Å². The average Bonchev–Trinajstić information content (AvgIpc) is 2.41. The fourth-order valence-corrected chi connectivity index (χ4v) is 1.65. The normalized spacial score (nSPS) is 27.3. The zero-order valence-corrected chi connectivity index (χ0v) is 12.0. The van der Waals surface area contributed by atoms with E-state index in [2.05, 4.69) is 17.6 Å². The quantitative estimate of drug-likeness (QED) is 0.630. The standard InChI is InChI=1S/C13H28N2O4/c1-13-12-19-11-10-17-6-3-14-2-5-16-8-9-18-7-4-15-13/h13-15H,2-12H2,1H3. The summed E-state index contributed by atoms with van der Waals surface area (Å²) in [7, 11) is 0. The van der Waals surface area contributed by atoms with Gasteiger partial charge in [-0.3, -0.25) is 0 Å². The minimum atomic E-state index is 0.334. The van der Waals surface area contributed by atoms with Gasteiger partial charge in [0.05, 0.1) is 52.9 Å². The van der Waals surface area contributed by atoms with Crippen molar-refractivity contribution < 1.29 is 18.9 Å². The fraction of sp³-hybridized carbons (Fsp3) is 1.00. The molecule has 0 bridgehead atoms. The van der Waals surface area contributed by atoms with Gasteiger partial charge in [-0.2, -0.15) is 0 Å². The molecule has 0 spiro atoms. The zero-order valence-electron chi connectivity index (χ0n) is 12.0. The summed E-state index contributed by atoms with van der Waals surface area (Å²) in [6, 6.07) is 0.334. The Bertz CT molecular complexity index is 177. The largest absolute Gasteiger partial charge is 0.378 e. The molecule has 6 heteroatoms. The first-order valence-electron chi connectivity index (χ1n) is 7.14. The van der Waals surface area contributed by atoms with Gasteiger partial charge in [0.15, 0.2) is 0 Å². The summed E-state index contributed by atoms with van der Waals surface area (Å²) < 4.78 is 21.9. The highest BCUT2D eigenvalue weighted by atomic mass is 16.5. The molecule has 1 aliphatic rings. The van der Waals surface area contributed by atoms with Crippen LogP contribution in [0.5, 0.6) is 0 Å².